The summed E-state index contributed by atoms with van der Waals surface area (Å²) in [5.41, 5.74) is -0.870. The van der Waals surface area contributed by atoms with Gasteiger partial charge in [0.05, 0.1) is 0 Å². The summed E-state index contributed by atoms with van der Waals surface area (Å²) in [5, 5.41) is 9.76. The minimum Gasteiger partial charge on any atom is -0.481 e. The van der Waals surface area contributed by atoms with Gasteiger partial charge in [0.25, 0.3) is 5.91 Å². The second-order valence-corrected chi connectivity index (χ2v) is 6.57. The second kappa shape index (κ2) is 5.98. The first-order valence-corrected chi connectivity index (χ1v) is 7.75. The summed E-state index contributed by atoms with van der Waals surface area (Å²) in [6, 6.07) is 3.33. The Bertz CT molecular complexity index is 613. The molecule has 3 rings (SSSR count). The highest BCUT2D eigenvalue weighted by atomic mass is 16.5. The van der Waals surface area contributed by atoms with Gasteiger partial charge in [-0.1, -0.05) is 0 Å². The van der Waals surface area contributed by atoms with E-state index in [9.17, 15) is 14.7 Å². The number of fused-ring (bicyclic) bond motifs is 1. The molecule has 1 aromatic rings. The molecule has 2 atom stereocenters. The predicted octanol–water partition coefficient (Wildman–Crippen LogP) is 0.905. The van der Waals surface area contributed by atoms with E-state index in [1.807, 2.05) is 11.9 Å². The molecule has 0 bridgehead atoms. The molecule has 0 saturated carbocycles. The van der Waals surface area contributed by atoms with Crippen molar-refractivity contribution in [1.82, 2.24) is 9.80 Å². The Kier molecular flexibility index (Phi) is 4.16. The SMILES string of the molecule is COCc1ccc(C(=O)N2CC3CCN(C)CC3(C(=O)O)C2)o1. The van der Waals surface area contributed by atoms with E-state index in [-0.39, 0.29) is 24.1 Å². The summed E-state index contributed by atoms with van der Waals surface area (Å²) in [6.45, 7) is 2.35. The Labute approximate surface area is 134 Å². The first-order valence-electron chi connectivity index (χ1n) is 7.75. The van der Waals surface area contributed by atoms with Crippen LogP contribution >= 0.6 is 0 Å². The molecule has 7 nitrogen and oxygen atoms in total. The Morgan fingerprint density at radius 3 is 2.91 bits per heavy atom. The van der Waals surface area contributed by atoms with Gasteiger partial charge in [-0.05, 0) is 38.1 Å². The fourth-order valence-corrected chi connectivity index (χ4v) is 3.79. The van der Waals surface area contributed by atoms with E-state index < -0.39 is 11.4 Å². The number of furan rings is 1. The van der Waals surface area contributed by atoms with Crippen LogP contribution in [0.2, 0.25) is 0 Å². The van der Waals surface area contributed by atoms with Gasteiger partial charge in [0, 0.05) is 26.7 Å². The van der Waals surface area contributed by atoms with E-state index in [0.717, 1.165) is 13.0 Å². The molecule has 1 aromatic heterocycles. The van der Waals surface area contributed by atoms with Crippen molar-refractivity contribution in [1.29, 1.82) is 0 Å². The molecule has 0 radical (unpaired) electrons. The molecule has 2 aliphatic rings. The number of carboxylic acid groups (broad SMARTS) is 1. The van der Waals surface area contributed by atoms with Crippen LogP contribution in [0.1, 0.15) is 22.7 Å². The number of likely N-dealkylation sites (tertiary alicyclic amines) is 2. The summed E-state index contributed by atoms with van der Waals surface area (Å²) in [5.74, 6) is -0.243. The molecule has 2 aliphatic heterocycles. The van der Waals surface area contributed by atoms with E-state index in [1.165, 1.54) is 0 Å². The van der Waals surface area contributed by atoms with Crippen molar-refractivity contribution in [2.45, 2.75) is 13.0 Å². The first-order chi connectivity index (χ1) is 11.0. The fraction of sp³-hybridized carbons (Fsp3) is 0.625. The highest BCUT2D eigenvalue weighted by Crippen LogP contribution is 2.42. The van der Waals surface area contributed by atoms with Crippen LogP contribution in [0.4, 0.5) is 0 Å². The van der Waals surface area contributed by atoms with E-state index in [0.29, 0.717) is 25.5 Å². The van der Waals surface area contributed by atoms with Crippen molar-refractivity contribution in [2.75, 3.05) is 40.3 Å². The number of aliphatic carboxylic acids is 1. The van der Waals surface area contributed by atoms with Crippen molar-refractivity contribution >= 4 is 11.9 Å². The zero-order valence-corrected chi connectivity index (χ0v) is 13.4. The quantitative estimate of drug-likeness (QED) is 0.887. The molecule has 0 aromatic carbocycles. The van der Waals surface area contributed by atoms with Crippen molar-refractivity contribution in [3.05, 3.63) is 23.7 Å². The van der Waals surface area contributed by atoms with Crippen molar-refractivity contribution < 1.29 is 23.8 Å². The highest BCUT2D eigenvalue weighted by molar-refractivity contribution is 5.92. The zero-order valence-electron chi connectivity index (χ0n) is 13.4. The van der Waals surface area contributed by atoms with Crippen LogP contribution in [0.5, 0.6) is 0 Å². The molecule has 0 spiro atoms. The Morgan fingerprint density at radius 1 is 1.43 bits per heavy atom. The largest absolute Gasteiger partial charge is 0.481 e. The fourth-order valence-electron chi connectivity index (χ4n) is 3.79. The van der Waals surface area contributed by atoms with Crippen molar-refractivity contribution in [3.8, 4) is 0 Å². The lowest BCUT2D eigenvalue weighted by Crippen LogP contribution is -2.52. The summed E-state index contributed by atoms with van der Waals surface area (Å²) < 4.78 is 10.5. The molecule has 2 unspecified atom stereocenters. The maximum atomic E-state index is 12.6. The minimum absolute atomic E-state index is 0.00597. The maximum absolute atomic E-state index is 12.6. The van der Waals surface area contributed by atoms with Gasteiger partial charge in [-0.15, -0.1) is 0 Å². The number of hydrogen-bond donors (Lipinski definition) is 1. The number of hydrogen-bond acceptors (Lipinski definition) is 5. The third kappa shape index (κ3) is 2.74. The summed E-state index contributed by atoms with van der Waals surface area (Å²) in [7, 11) is 3.48. The van der Waals surface area contributed by atoms with Gasteiger partial charge in [0.1, 0.15) is 17.8 Å². The highest BCUT2D eigenvalue weighted by Gasteiger charge is 2.55. The first kappa shape index (κ1) is 16.0. The molecular formula is C16H22N2O5. The minimum atomic E-state index is -0.870. The van der Waals surface area contributed by atoms with Crippen molar-refractivity contribution in [2.24, 2.45) is 11.3 Å². The molecule has 2 saturated heterocycles. The van der Waals surface area contributed by atoms with Gasteiger partial charge >= 0.3 is 5.97 Å². The number of amides is 1. The standard InChI is InChI=1S/C16H22N2O5/c1-17-6-5-11-7-18(10-16(11,9-17)15(20)21)14(19)13-4-3-12(23-13)8-22-2/h3-4,11H,5-10H2,1-2H3,(H,20,21). The maximum Gasteiger partial charge on any atom is 0.313 e. The molecule has 23 heavy (non-hydrogen) atoms. The lowest BCUT2D eigenvalue weighted by Gasteiger charge is -2.39. The Balaban J connectivity index is 1.79. The third-order valence-electron chi connectivity index (χ3n) is 4.98. The lowest BCUT2D eigenvalue weighted by atomic mass is 9.73. The van der Waals surface area contributed by atoms with E-state index in [1.54, 1.807) is 24.1 Å². The Morgan fingerprint density at radius 2 is 2.22 bits per heavy atom. The number of piperidine rings is 1. The summed E-state index contributed by atoms with van der Waals surface area (Å²) >= 11 is 0. The molecule has 1 amide bonds. The average Bonchev–Trinajstić information content (AvgIpc) is 3.11. The smallest absolute Gasteiger partial charge is 0.313 e. The molecule has 1 N–H and O–H groups in total. The second-order valence-electron chi connectivity index (χ2n) is 6.57. The average molecular weight is 322 g/mol. The van der Waals surface area contributed by atoms with Gasteiger partial charge in [0.2, 0.25) is 0 Å². The van der Waals surface area contributed by atoms with Gasteiger partial charge in [-0.3, -0.25) is 9.59 Å². The van der Waals surface area contributed by atoms with Gasteiger partial charge in [-0.2, -0.15) is 0 Å². The van der Waals surface area contributed by atoms with Crippen LogP contribution in [0.25, 0.3) is 0 Å². The predicted molar refractivity (Wildman–Crippen MR) is 81.0 cm³/mol. The number of nitrogens with zero attached hydrogens (tertiary/aromatic N) is 2. The number of rotatable bonds is 4. The lowest BCUT2D eigenvalue weighted by molar-refractivity contribution is -0.153. The van der Waals surface area contributed by atoms with Gasteiger partial charge < -0.3 is 24.1 Å². The molecular weight excluding hydrogens is 300 g/mol. The van der Waals surface area contributed by atoms with Crippen LogP contribution < -0.4 is 0 Å². The van der Waals surface area contributed by atoms with E-state index in [4.69, 9.17) is 9.15 Å². The van der Waals surface area contributed by atoms with Crippen LogP contribution in [0, 0.1) is 11.3 Å². The zero-order chi connectivity index (χ0) is 16.6. The van der Waals surface area contributed by atoms with Crippen LogP contribution in [0.3, 0.4) is 0 Å². The topological polar surface area (TPSA) is 83.2 Å². The number of carbonyl (C=O) groups excluding carboxylic acids is 1. The molecule has 0 aliphatic carbocycles. The van der Waals surface area contributed by atoms with Crippen LogP contribution in [-0.2, 0) is 16.1 Å². The van der Waals surface area contributed by atoms with Crippen molar-refractivity contribution in [3.63, 3.8) is 0 Å². The molecule has 7 heteroatoms. The number of carbonyl (C=O) groups is 2. The summed E-state index contributed by atoms with van der Waals surface area (Å²) in [4.78, 5) is 28.2. The van der Waals surface area contributed by atoms with Crippen LogP contribution in [0.15, 0.2) is 16.5 Å². The number of carboxylic acids is 1. The number of methoxy groups -OCH3 is 1. The Hall–Kier alpha value is -1.86. The normalized spacial score (nSPS) is 27.9. The molecule has 3 heterocycles. The van der Waals surface area contributed by atoms with E-state index >= 15 is 0 Å². The molecule has 126 valence electrons. The van der Waals surface area contributed by atoms with E-state index in [2.05, 4.69) is 0 Å². The van der Waals surface area contributed by atoms with Crippen LogP contribution in [-0.4, -0.2) is 67.1 Å². The van der Waals surface area contributed by atoms with Gasteiger partial charge in [0.15, 0.2) is 5.76 Å². The number of ether oxygens (including phenoxy) is 1. The summed E-state index contributed by atoms with van der Waals surface area (Å²) in [6.07, 6.45) is 0.791. The molecule has 2 fully saturated rings. The third-order valence-corrected chi connectivity index (χ3v) is 4.98. The van der Waals surface area contributed by atoms with Gasteiger partial charge in [-0.25, -0.2) is 0 Å². The monoisotopic (exact) mass is 322 g/mol.